The number of carboxylic acid groups (broad SMARTS) is 1. The molecule has 4 nitrogen and oxygen atoms in total. The largest absolute Gasteiger partial charge is 0.478 e. The van der Waals surface area contributed by atoms with Crippen LogP contribution in [0.15, 0.2) is 34.1 Å². The van der Waals surface area contributed by atoms with Gasteiger partial charge in [0.25, 0.3) is 0 Å². The summed E-state index contributed by atoms with van der Waals surface area (Å²) in [5.41, 5.74) is 2.01. The van der Waals surface area contributed by atoms with Gasteiger partial charge in [-0.15, -0.1) is 11.3 Å². The maximum atomic E-state index is 12.2. The molecule has 0 aliphatic carbocycles. The Balaban J connectivity index is 1.95. The lowest BCUT2D eigenvalue weighted by molar-refractivity contribution is -0.119. The molecular weight excluding hydrogens is 354 g/mol. The molecule has 0 atom stereocenters. The molecule has 1 N–H and O–H groups in total. The molecule has 0 fully saturated rings. The fourth-order valence-corrected chi connectivity index (χ4v) is 3.90. The average Bonchev–Trinajstić information content (AvgIpc) is 2.87. The first-order valence-electron chi connectivity index (χ1n) is 6.44. The van der Waals surface area contributed by atoms with E-state index in [-0.39, 0.29) is 11.5 Å². The van der Waals surface area contributed by atoms with Crippen LogP contribution < -0.4 is 4.90 Å². The fourth-order valence-electron chi connectivity index (χ4n) is 2.46. The van der Waals surface area contributed by atoms with E-state index in [1.165, 1.54) is 0 Å². The van der Waals surface area contributed by atoms with Crippen molar-refractivity contribution in [1.82, 2.24) is 0 Å². The van der Waals surface area contributed by atoms with Gasteiger partial charge in [-0.05, 0) is 52.2 Å². The number of anilines is 1. The standard InChI is InChI=1S/C15H12BrNO3S/c16-11-6-12(21-8-11)7-17-13-3-1-10(15(19)20)5-9(13)2-4-14(17)18/h1,3,5-6,8H,2,4,7H2,(H,19,20). The first-order chi connectivity index (χ1) is 10.0. The van der Waals surface area contributed by atoms with E-state index >= 15 is 0 Å². The first kappa shape index (κ1) is 14.3. The first-order valence-corrected chi connectivity index (χ1v) is 8.11. The number of amides is 1. The molecule has 2 aromatic rings. The number of thiophene rings is 1. The molecule has 0 bridgehead atoms. The molecule has 2 heterocycles. The van der Waals surface area contributed by atoms with Crippen LogP contribution in [-0.4, -0.2) is 17.0 Å². The van der Waals surface area contributed by atoms with Gasteiger partial charge in [-0.1, -0.05) is 0 Å². The minimum Gasteiger partial charge on any atom is -0.478 e. The summed E-state index contributed by atoms with van der Waals surface area (Å²) in [6.45, 7) is 0.522. The highest BCUT2D eigenvalue weighted by Gasteiger charge is 2.25. The van der Waals surface area contributed by atoms with Crippen LogP contribution >= 0.6 is 27.3 Å². The second-order valence-corrected chi connectivity index (χ2v) is 6.77. The van der Waals surface area contributed by atoms with Crippen molar-refractivity contribution in [3.8, 4) is 0 Å². The third kappa shape index (κ3) is 2.87. The number of fused-ring (bicyclic) bond motifs is 1. The van der Waals surface area contributed by atoms with E-state index in [2.05, 4.69) is 15.9 Å². The Kier molecular flexibility index (Phi) is 3.82. The van der Waals surface area contributed by atoms with Crippen molar-refractivity contribution in [1.29, 1.82) is 0 Å². The average molecular weight is 366 g/mol. The van der Waals surface area contributed by atoms with Crippen molar-refractivity contribution in [2.75, 3.05) is 4.90 Å². The van der Waals surface area contributed by atoms with Crippen LogP contribution in [0, 0.1) is 0 Å². The second kappa shape index (κ2) is 5.61. The van der Waals surface area contributed by atoms with Gasteiger partial charge in [0.2, 0.25) is 5.91 Å². The van der Waals surface area contributed by atoms with Gasteiger partial charge >= 0.3 is 5.97 Å². The minimum atomic E-state index is -0.941. The Morgan fingerprint density at radius 1 is 1.33 bits per heavy atom. The molecule has 0 saturated heterocycles. The molecule has 0 spiro atoms. The van der Waals surface area contributed by atoms with Crippen LogP contribution in [-0.2, 0) is 17.8 Å². The molecule has 1 aromatic carbocycles. The Bertz CT molecular complexity index is 725. The molecule has 0 saturated carbocycles. The summed E-state index contributed by atoms with van der Waals surface area (Å²) in [6, 6.07) is 6.95. The molecule has 3 rings (SSSR count). The minimum absolute atomic E-state index is 0.0788. The molecule has 1 aliphatic heterocycles. The van der Waals surface area contributed by atoms with Crippen molar-refractivity contribution in [2.24, 2.45) is 0 Å². The van der Waals surface area contributed by atoms with Crippen LogP contribution in [0.4, 0.5) is 5.69 Å². The number of carbonyl (C=O) groups is 2. The molecule has 21 heavy (non-hydrogen) atoms. The predicted molar refractivity (Wildman–Crippen MR) is 84.9 cm³/mol. The maximum Gasteiger partial charge on any atom is 0.335 e. The lowest BCUT2D eigenvalue weighted by Crippen LogP contribution is -2.34. The third-order valence-electron chi connectivity index (χ3n) is 3.46. The van der Waals surface area contributed by atoms with Crippen LogP contribution in [0.25, 0.3) is 0 Å². The van der Waals surface area contributed by atoms with Crippen LogP contribution in [0.3, 0.4) is 0 Å². The Morgan fingerprint density at radius 3 is 2.81 bits per heavy atom. The summed E-state index contributed by atoms with van der Waals surface area (Å²) in [4.78, 5) is 26.1. The van der Waals surface area contributed by atoms with Crippen LogP contribution in [0.1, 0.15) is 27.2 Å². The zero-order valence-corrected chi connectivity index (χ0v) is 13.4. The topological polar surface area (TPSA) is 57.6 Å². The third-order valence-corrected chi connectivity index (χ3v) is 5.14. The second-order valence-electron chi connectivity index (χ2n) is 4.86. The van der Waals surface area contributed by atoms with Crippen molar-refractivity contribution >= 4 is 44.8 Å². The number of carboxylic acids is 1. The number of nitrogens with zero attached hydrogens (tertiary/aromatic N) is 1. The van der Waals surface area contributed by atoms with Gasteiger partial charge < -0.3 is 10.0 Å². The van der Waals surface area contributed by atoms with E-state index in [9.17, 15) is 9.59 Å². The van der Waals surface area contributed by atoms with Crippen LogP contribution in [0.5, 0.6) is 0 Å². The molecule has 1 aromatic heterocycles. The Morgan fingerprint density at radius 2 is 2.14 bits per heavy atom. The van der Waals surface area contributed by atoms with Gasteiger partial charge in [0.05, 0.1) is 12.1 Å². The molecule has 0 unspecified atom stereocenters. The van der Waals surface area contributed by atoms with Gasteiger partial charge in [-0.3, -0.25) is 4.79 Å². The van der Waals surface area contributed by atoms with Crippen molar-refractivity contribution in [2.45, 2.75) is 19.4 Å². The Hall–Kier alpha value is -1.66. The van der Waals surface area contributed by atoms with Crippen LogP contribution in [0.2, 0.25) is 0 Å². The smallest absolute Gasteiger partial charge is 0.335 e. The molecule has 108 valence electrons. The predicted octanol–water partition coefficient (Wildman–Crippen LogP) is 3.69. The van der Waals surface area contributed by atoms with E-state index in [1.54, 1.807) is 34.4 Å². The molecule has 0 radical (unpaired) electrons. The number of aryl methyl sites for hydroxylation is 1. The molecule has 6 heteroatoms. The van der Waals surface area contributed by atoms with E-state index < -0.39 is 5.97 Å². The highest BCUT2D eigenvalue weighted by molar-refractivity contribution is 9.10. The van der Waals surface area contributed by atoms with Gasteiger partial charge in [0, 0.05) is 26.8 Å². The monoisotopic (exact) mass is 365 g/mol. The summed E-state index contributed by atoms with van der Waals surface area (Å²) in [5.74, 6) is -0.862. The maximum absolute atomic E-state index is 12.2. The number of benzene rings is 1. The van der Waals surface area contributed by atoms with E-state index in [0.717, 1.165) is 20.6 Å². The number of hydrogen-bond donors (Lipinski definition) is 1. The van der Waals surface area contributed by atoms with Gasteiger partial charge in [-0.2, -0.15) is 0 Å². The van der Waals surface area contributed by atoms with Crippen molar-refractivity contribution in [3.05, 3.63) is 50.1 Å². The zero-order chi connectivity index (χ0) is 15.0. The lowest BCUT2D eigenvalue weighted by atomic mass is 9.98. The number of halogens is 1. The highest BCUT2D eigenvalue weighted by atomic mass is 79.9. The van der Waals surface area contributed by atoms with Crippen molar-refractivity contribution in [3.63, 3.8) is 0 Å². The summed E-state index contributed by atoms with van der Waals surface area (Å²) in [6.07, 6.45) is 1.02. The molecule has 1 amide bonds. The molecule has 1 aliphatic rings. The summed E-state index contributed by atoms with van der Waals surface area (Å²) >= 11 is 5.00. The fraction of sp³-hybridized carbons (Fsp3) is 0.200. The Labute approximate surface area is 134 Å². The summed E-state index contributed by atoms with van der Waals surface area (Å²) in [5, 5.41) is 11.0. The SMILES string of the molecule is O=C(O)c1ccc2c(c1)CCC(=O)N2Cc1cc(Br)cs1. The number of hydrogen-bond acceptors (Lipinski definition) is 3. The number of rotatable bonds is 3. The van der Waals surface area contributed by atoms with Gasteiger partial charge in [-0.25, -0.2) is 4.79 Å². The van der Waals surface area contributed by atoms with Gasteiger partial charge in [0.15, 0.2) is 0 Å². The normalized spacial score (nSPS) is 14.1. The zero-order valence-electron chi connectivity index (χ0n) is 11.0. The van der Waals surface area contributed by atoms with E-state index in [0.29, 0.717) is 19.4 Å². The summed E-state index contributed by atoms with van der Waals surface area (Å²) in [7, 11) is 0. The number of aromatic carboxylic acids is 1. The van der Waals surface area contributed by atoms with Gasteiger partial charge in [0.1, 0.15) is 0 Å². The lowest BCUT2D eigenvalue weighted by Gasteiger charge is -2.29. The van der Waals surface area contributed by atoms with E-state index in [4.69, 9.17) is 5.11 Å². The highest BCUT2D eigenvalue weighted by Crippen LogP contribution is 2.31. The van der Waals surface area contributed by atoms with Crippen molar-refractivity contribution < 1.29 is 14.7 Å². The quantitative estimate of drug-likeness (QED) is 0.902. The van der Waals surface area contributed by atoms with E-state index in [1.807, 2.05) is 11.4 Å². The summed E-state index contributed by atoms with van der Waals surface area (Å²) < 4.78 is 1.01. The number of carbonyl (C=O) groups excluding carboxylic acids is 1. The molecular formula is C15H12BrNO3S.